The molecule has 0 saturated carbocycles. The van der Waals surface area contributed by atoms with Crippen molar-refractivity contribution in [2.75, 3.05) is 18.6 Å². The van der Waals surface area contributed by atoms with E-state index in [1.807, 2.05) is 6.92 Å². The SMILES string of the molecule is CCCN1C(=O)[C@](O)(CC(=O)c2ccc(OC)c([N+](=O)[O-])c2)c2ccccc21. The summed E-state index contributed by atoms with van der Waals surface area (Å²) in [6.07, 6.45) is 0.182. The molecule has 8 heteroatoms. The molecule has 1 N–H and O–H groups in total. The number of carbonyl (C=O) groups is 2. The maximum Gasteiger partial charge on any atom is 0.311 e. The van der Waals surface area contributed by atoms with Gasteiger partial charge in [-0.15, -0.1) is 0 Å². The monoisotopic (exact) mass is 384 g/mol. The van der Waals surface area contributed by atoms with Crippen molar-refractivity contribution < 1.29 is 24.4 Å². The highest BCUT2D eigenvalue weighted by atomic mass is 16.6. The molecule has 1 heterocycles. The van der Waals surface area contributed by atoms with Crippen molar-refractivity contribution in [2.45, 2.75) is 25.4 Å². The van der Waals surface area contributed by atoms with Crippen LogP contribution in [-0.4, -0.2) is 35.4 Å². The molecule has 1 atom stereocenters. The molecule has 8 nitrogen and oxygen atoms in total. The number of para-hydroxylation sites is 1. The molecular weight excluding hydrogens is 364 g/mol. The smallest absolute Gasteiger partial charge is 0.311 e. The van der Waals surface area contributed by atoms with Crippen LogP contribution in [0.25, 0.3) is 0 Å². The number of nitrogens with zero attached hydrogens (tertiary/aromatic N) is 2. The molecule has 0 radical (unpaired) electrons. The summed E-state index contributed by atoms with van der Waals surface area (Å²) in [4.78, 5) is 37.7. The summed E-state index contributed by atoms with van der Waals surface area (Å²) in [6.45, 7) is 2.33. The average Bonchev–Trinajstić information content (AvgIpc) is 2.90. The zero-order chi connectivity index (χ0) is 20.5. The highest BCUT2D eigenvalue weighted by Gasteiger charge is 2.50. The lowest BCUT2D eigenvalue weighted by molar-refractivity contribution is -0.385. The zero-order valence-electron chi connectivity index (χ0n) is 15.5. The van der Waals surface area contributed by atoms with E-state index in [2.05, 4.69) is 0 Å². The zero-order valence-corrected chi connectivity index (χ0v) is 15.5. The lowest BCUT2D eigenvalue weighted by atomic mass is 9.88. The summed E-state index contributed by atoms with van der Waals surface area (Å²) in [5.74, 6) is -1.11. The van der Waals surface area contributed by atoms with E-state index in [-0.39, 0.29) is 17.0 Å². The largest absolute Gasteiger partial charge is 0.490 e. The Morgan fingerprint density at radius 1 is 1.29 bits per heavy atom. The summed E-state index contributed by atoms with van der Waals surface area (Å²) in [5.41, 5.74) is -1.39. The molecule has 0 spiro atoms. The van der Waals surface area contributed by atoms with Gasteiger partial charge in [-0.2, -0.15) is 0 Å². The van der Waals surface area contributed by atoms with Crippen molar-refractivity contribution in [1.29, 1.82) is 0 Å². The van der Waals surface area contributed by atoms with Crippen LogP contribution in [0.3, 0.4) is 0 Å². The normalized spacial score (nSPS) is 18.1. The van der Waals surface area contributed by atoms with Crippen LogP contribution in [-0.2, 0) is 10.4 Å². The van der Waals surface area contributed by atoms with E-state index in [1.165, 1.54) is 24.1 Å². The maximum absolute atomic E-state index is 12.9. The Morgan fingerprint density at radius 3 is 2.64 bits per heavy atom. The van der Waals surface area contributed by atoms with Crippen LogP contribution in [0.5, 0.6) is 5.75 Å². The van der Waals surface area contributed by atoms with E-state index in [0.29, 0.717) is 24.2 Å². The van der Waals surface area contributed by atoms with Gasteiger partial charge >= 0.3 is 5.69 Å². The Morgan fingerprint density at radius 2 is 2.00 bits per heavy atom. The fourth-order valence-electron chi connectivity index (χ4n) is 3.46. The lowest BCUT2D eigenvalue weighted by Crippen LogP contribution is -2.42. The molecule has 2 aromatic carbocycles. The minimum absolute atomic E-state index is 0.0247. The van der Waals surface area contributed by atoms with Gasteiger partial charge in [0.25, 0.3) is 5.91 Å². The molecule has 28 heavy (non-hydrogen) atoms. The number of nitro benzene ring substituents is 1. The standard InChI is InChI=1S/C20H20N2O6/c1-3-10-21-15-7-5-4-6-14(15)20(25,19(21)24)12-17(23)13-8-9-18(28-2)16(11-13)22(26)27/h4-9,11,25H,3,10,12H2,1-2H3/t20-/m0/s1. The van der Waals surface area contributed by atoms with Crippen LogP contribution in [0.2, 0.25) is 0 Å². The van der Waals surface area contributed by atoms with Gasteiger partial charge < -0.3 is 14.7 Å². The minimum atomic E-state index is -2.00. The minimum Gasteiger partial charge on any atom is -0.490 e. The maximum atomic E-state index is 12.9. The van der Waals surface area contributed by atoms with E-state index in [1.54, 1.807) is 24.3 Å². The number of nitro groups is 1. The molecule has 0 aliphatic carbocycles. The third kappa shape index (κ3) is 3.11. The van der Waals surface area contributed by atoms with E-state index >= 15 is 0 Å². The van der Waals surface area contributed by atoms with Gasteiger partial charge in [-0.3, -0.25) is 19.7 Å². The Labute approximate surface area is 161 Å². The molecule has 0 aromatic heterocycles. The van der Waals surface area contributed by atoms with Crippen LogP contribution in [0.1, 0.15) is 35.7 Å². The van der Waals surface area contributed by atoms with Gasteiger partial charge in [-0.05, 0) is 24.6 Å². The summed E-state index contributed by atoms with van der Waals surface area (Å²) < 4.78 is 4.94. The third-order valence-corrected chi connectivity index (χ3v) is 4.80. The second-order valence-electron chi connectivity index (χ2n) is 6.58. The van der Waals surface area contributed by atoms with Gasteiger partial charge in [0.05, 0.1) is 24.1 Å². The van der Waals surface area contributed by atoms with Crippen molar-refractivity contribution in [3.63, 3.8) is 0 Å². The molecule has 1 aliphatic rings. The van der Waals surface area contributed by atoms with Crippen LogP contribution in [0, 0.1) is 10.1 Å². The lowest BCUT2D eigenvalue weighted by Gasteiger charge is -2.22. The number of rotatable bonds is 7. The molecule has 1 amide bonds. The molecule has 146 valence electrons. The van der Waals surface area contributed by atoms with Crippen molar-refractivity contribution in [1.82, 2.24) is 0 Å². The summed E-state index contributed by atoms with van der Waals surface area (Å²) >= 11 is 0. The number of anilines is 1. The Bertz CT molecular complexity index is 957. The fraction of sp³-hybridized carbons (Fsp3) is 0.300. The number of ketones is 1. The fourth-order valence-corrected chi connectivity index (χ4v) is 3.46. The molecule has 0 saturated heterocycles. The van der Waals surface area contributed by atoms with Gasteiger partial charge in [0.1, 0.15) is 0 Å². The van der Waals surface area contributed by atoms with Gasteiger partial charge in [0.2, 0.25) is 0 Å². The molecule has 0 bridgehead atoms. The Hall–Kier alpha value is -3.26. The Balaban J connectivity index is 1.97. The predicted molar refractivity (Wildman–Crippen MR) is 102 cm³/mol. The topological polar surface area (TPSA) is 110 Å². The van der Waals surface area contributed by atoms with Gasteiger partial charge in [-0.25, -0.2) is 0 Å². The van der Waals surface area contributed by atoms with E-state index in [4.69, 9.17) is 4.74 Å². The van der Waals surface area contributed by atoms with Crippen molar-refractivity contribution in [3.05, 3.63) is 63.7 Å². The predicted octanol–water partition coefficient (Wildman–Crippen LogP) is 2.82. The van der Waals surface area contributed by atoms with Gasteiger partial charge in [0, 0.05) is 23.7 Å². The average molecular weight is 384 g/mol. The highest BCUT2D eigenvalue weighted by molar-refractivity contribution is 6.10. The van der Waals surface area contributed by atoms with E-state index in [9.17, 15) is 24.8 Å². The molecule has 2 aromatic rings. The number of hydrogen-bond acceptors (Lipinski definition) is 6. The number of amides is 1. The van der Waals surface area contributed by atoms with Crippen LogP contribution in [0.15, 0.2) is 42.5 Å². The third-order valence-electron chi connectivity index (χ3n) is 4.80. The number of benzene rings is 2. The summed E-state index contributed by atoms with van der Waals surface area (Å²) in [6, 6.07) is 10.6. The van der Waals surface area contributed by atoms with Crippen molar-refractivity contribution in [3.8, 4) is 5.75 Å². The summed E-state index contributed by atoms with van der Waals surface area (Å²) in [7, 11) is 1.29. The van der Waals surface area contributed by atoms with Gasteiger partial charge in [0.15, 0.2) is 17.1 Å². The molecule has 0 fully saturated rings. The van der Waals surface area contributed by atoms with Crippen LogP contribution in [0.4, 0.5) is 11.4 Å². The second kappa shape index (κ2) is 7.40. The van der Waals surface area contributed by atoms with E-state index < -0.39 is 28.6 Å². The van der Waals surface area contributed by atoms with Crippen molar-refractivity contribution in [2.24, 2.45) is 0 Å². The first-order valence-electron chi connectivity index (χ1n) is 8.83. The number of hydrogen-bond donors (Lipinski definition) is 1. The molecule has 1 aliphatic heterocycles. The molecule has 3 rings (SSSR count). The summed E-state index contributed by atoms with van der Waals surface area (Å²) in [5, 5.41) is 22.3. The number of methoxy groups -OCH3 is 1. The van der Waals surface area contributed by atoms with Crippen molar-refractivity contribution >= 4 is 23.1 Å². The second-order valence-corrected chi connectivity index (χ2v) is 6.58. The quantitative estimate of drug-likeness (QED) is 0.446. The highest BCUT2D eigenvalue weighted by Crippen LogP contribution is 2.43. The van der Waals surface area contributed by atoms with Crippen LogP contribution >= 0.6 is 0 Å². The van der Waals surface area contributed by atoms with E-state index in [0.717, 1.165) is 6.07 Å². The first-order chi connectivity index (χ1) is 13.3. The number of aliphatic hydroxyl groups is 1. The van der Waals surface area contributed by atoms with Crippen LogP contribution < -0.4 is 9.64 Å². The number of carbonyl (C=O) groups excluding carboxylic acids is 2. The first-order valence-corrected chi connectivity index (χ1v) is 8.83. The van der Waals surface area contributed by atoms with Gasteiger partial charge in [-0.1, -0.05) is 25.1 Å². The number of ether oxygens (including phenoxy) is 1. The Kier molecular flexibility index (Phi) is 5.15. The molecule has 0 unspecified atom stereocenters. The number of Topliss-reactive ketones (excluding diaryl/α,β-unsaturated/α-hetero) is 1. The number of fused-ring (bicyclic) bond motifs is 1. The molecular formula is C20H20N2O6. The first kappa shape index (κ1) is 19.5.